The zero-order valence-corrected chi connectivity index (χ0v) is 20.3. The summed E-state index contributed by atoms with van der Waals surface area (Å²) in [6, 6.07) is 22.0. The van der Waals surface area contributed by atoms with E-state index in [0.717, 1.165) is 22.7 Å². The van der Waals surface area contributed by atoms with Gasteiger partial charge < -0.3 is 20.1 Å². The monoisotopic (exact) mass is 493 g/mol. The van der Waals surface area contributed by atoms with Gasteiger partial charge in [0.25, 0.3) is 0 Å². The van der Waals surface area contributed by atoms with Gasteiger partial charge in [0.2, 0.25) is 5.91 Å². The van der Waals surface area contributed by atoms with Gasteiger partial charge in [-0.3, -0.25) is 9.69 Å². The first kappa shape index (κ1) is 22.5. The zero-order valence-electron chi connectivity index (χ0n) is 18.7. The highest BCUT2D eigenvalue weighted by Crippen LogP contribution is 2.49. The number of thiocarbonyl (C=S) groups is 1. The molecule has 0 aliphatic carbocycles. The molecule has 3 aromatic carbocycles. The predicted molar refractivity (Wildman–Crippen MR) is 138 cm³/mol. The number of nitrogens with one attached hydrogen (secondary N) is 2. The van der Waals surface area contributed by atoms with Crippen molar-refractivity contribution >= 4 is 46.2 Å². The topological polar surface area (TPSA) is 62.8 Å². The second-order valence-electron chi connectivity index (χ2n) is 8.36. The molecule has 0 saturated carbocycles. The van der Waals surface area contributed by atoms with E-state index in [1.807, 2.05) is 67.3 Å². The van der Waals surface area contributed by atoms with Gasteiger partial charge in [0.15, 0.2) is 10.8 Å². The fraction of sp³-hybridized carbons (Fsp3) is 0.231. The quantitative estimate of drug-likeness (QED) is 0.455. The largest absolute Gasteiger partial charge is 0.494 e. The Kier molecular flexibility index (Phi) is 5.83. The number of carbonyl (C=O) groups excluding carboxylic acids is 1. The van der Waals surface area contributed by atoms with Crippen LogP contribution in [0.25, 0.3) is 0 Å². The van der Waals surface area contributed by atoms with Gasteiger partial charge in [-0.25, -0.2) is 0 Å². The molecule has 0 spiro atoms. The molecule has 5 rings (SSSR count). The number of anilines is 2. The first-order valence-electron chi connectivity index (χ1n) is 11.1. The van der Waals surface area contributed by atoms with Gasteiger partial charge in [0.05, 0.1) is 12.6 Å². The molecule has 2 heterocycles. The van der Waals surface area contributed by atoms with Gasteiger partial charge >= 0.3 is 0 Å². The van der Waals surface area contributed by atoms with E-state index in [4.69, 9.17) is 33.3 Å². The average Bonchev–Trinajstić information content (AvgIpc) is 2.81. The van der Waals surface area contributed by atoms with Gasteiger partial charge in [-0.2, -0.15) is 0 Å². The summed E-state index contributed by atoms with van der Waals surface area (Å²) in [5.74, 6) is 0.681. The maximum absolute atomic E-state index is 13.7. The van der Waals surface area contributed by atoms with Crippen LogP contribution in [0.3, 0.4) is 0 Å². The van der Waals surface area contributed by atoms with Gasteiger partial charge in [0.1, 0.15) is 17.4 Å². The maximum Gasteiger partial charge on any atom is 0.236 e. The molecule has 0 radical (unpaired) electrons. The number of hydrogen-bond acceptors (Lipinski definition) is 4. The van der Waals surface area contributed by atoms with Crippen molar-refractivity contribution in [1.82, 2.24) is 5.32 Å². The molecule has 2 aliphatic rings. The Hall–Kier alpha value is -3.29. The maximum atomic E-state index is 13.7. The van der Waals surface area contributed by atoms with Gasteiger partial charge in [-0.15, -0.1) is 0 Å². The summed E-state index contributed by atoms with van der Waals surface area (Å²) in [4.78, 5) is 15.6. The minimum atomic E-state index is -1.08. The smallest absolute Gasteiger partial charge is 0.236 e. The molecular formula is C26H24ClN3O3S. The molecule has 8 heteroatoms. The van der Waals surface area contributed by atoms with E-state index in [1.54, 1.807) is 24.3 Å². The van der Waals surface area contributed by atoms with E-state index >= 15 is 0 Å². The summed E-state index contributed by atoms with van der Waals surface area (Å²) < 4.78 is 12.2. The van der Waals surface area contributed by atoms with E-state index in [2.05, 4.69) is 10.6 Å². The standard InChI is InChI=1S/C26H24ClN3O3S/c1-3-32-19-14-12-18(13-15-19)30-25(34)29-23-20-6-4-5-7-21(20)33-26(30,2)22(23)24(31)28-17-10-8-16(27)9-11-17/h4-15,22-23H,3H2,1-2H3,(H,28,31)(H,29,34)/t22-,23+,26+/m1/s1. The second kappa shape index (κ2) is 8.81. The molecule has 1 fully saturated rings. The molecule has 2 aliphatic heterocycles. The molecule has 2 N–H and O–H groups in total. The lowest BCUT2D eigenvalue weighted by Crippen LogP contribution is -2.72. The molecule has 1 amide bonds. The molecular weight excluding hydrogens is 470 g/mol. The van der Waals surface area contributed by atoms with E-state index in [0.29, 0.717) is 22.4 Å². The molecule has 2 bridgehead atoms. The van der Waals surface area contributed by atoms with Crippen molar-refractivity contribution in [2.24, 2.45) is 5.92 Å². The fourth-order valence-electron chi connectivity index (χ4n) is 4.73. The Bertz CT molecular complexity index is 1230. The van der Waals surface area contributed by atoms with Crippen LogP contribution in [-0.2, 0) is 4.79 Å². The minimum Gasteiger partial charge on any atom is -0.494 e. The number of halogens is 1. The van der Waals surface area contributed by atoms with Crippen molar-refractivity contribution in [3.8, 4) is 11.5 Å². The first-order valence-corrected chi connectivity index (χ1v) is 11.9. The third kappa shape index (κ3) is 3.85. The highest BCUT2D eigenvalue weighted by atomic mass is 35.5. The second-order valence-corrected chi connectivity index (χ2v) is 9.18. The molecule has 1 saturated heterocycles. The van der Waals surface area contributed by atoms with E-state index < -0.39 is 11.6 Å². The third-order valence-corrected chi connectivity index (χ3v) is 6.76. The number of benzene rings is 3. The fourth-order valence-corrected chi connectivity index (χ4v) is 5.27. The van der Waals surface area contributed by atoms with Crippen LogP contribution < -0.4 is 25.0 Å². The zero-order chi connectivity index (χ0) is 23.9. The summed E-state index contributed by atoms with van der Waals surface area (Å²) in [5, 5.41) is 7.53. The number of rotatable bonds is 5. The number of hydrogen-bond donors (Lipinski definition) is 2. The minimum absolute atomic E-state index is 0.185. The molecule has 3 aromatic rings. The Labute approximate surface area is 208 Å². The Morgan fingerprint density at radius 2 is 1.85 bits per heavy atom. The highest BCUT2D eigenvalue weighted by molar-refractivity contribution is 7.80. The number of ether oxygens (including phenoxy) is 2. The van der Waals surface area contributed by atoms with Crippen LogP contribution in [0.4, 0.5) is 11.4 Å². The van der Waals surface area contributed by atoms with Crippen LogP contribution in [0.15, 0.2) is 72.8 Å². The molecule has 3 atom stereocenters. The average molecular weight is 494 g/mol. The summed E-state index contributed by atoms with van der Waals surface area (Å²) in [6.45, 7) is 4.43. The summed E-state index contributed by atoms with van der Waals surface area (Å²) in [6.07, 6.45) is 0. The van der Waals surface area contributed by atoms with Crippen molar-refractivity contribution in [2.75, 3.05) is 16.8 Å². The number of amides is 1. The van der Waals surface area contributed by atoms with Crippen molar-refractivity contribution in [3.63, 3.8) is 0 Å². The van der Waals surface area contributed by atoms with Crippen molar-refractivity contribution in [3.05, 3.63) is 83.4 Å². The van der Waals surface area contributed by atoms with Crippen molar-refractivity contribution < 1.29 is 14.3 Å². The summed E-state index contributed by atoms with van der Waals surface area (Å²) in [7, 11) is 0. The van der Waals surface area contributed by atoms with Gasteiger partial charge in [0, 0.05) is 22.0 Å². The van der Waals surface area contributed by atoms with Crippen molar-refractivity contribution in [2.45, 2.75) is 25.6 Å². The van der Waals surface area contributed by atoms with Gasteiger partial charge in [-0.05, 0) is 80.7 Å². The van der Waals surface area contributed by atoms with Crippen molar-refractivity contribution in [1.29, 1.82) is 0 Å². The van der Waals surface area contributed by atoms with E-state index in [9.17, 15) is 4.79 Å². The van der Waals surface area contributed by atoms with E-state index in [1.165, 1.54) is 0 Å². The normalized spacial score (nSPS) is 22.8. The molecule has 0 aromatic heterocycles. The van der Waals surface area contributed by atoms with Gasteiger partial charge in [-0.1, -0.05) is 29.8 Å². The summed E-state index contributed by atoms with van der Waals surface area (Å²) in [5.41, 5.74) is 1.27. The Balaban J connectivity index is 1.57. The van der Waals surface area contributed by atoms with Crippen LogP contribution in [0.2, 0.25) is 5.02 Å². The van der Waals surface area contributed by atoms with Crippen LogP contribution in [0.5, 0.6) is 11.5 Å². The van der Waals surface area contributed by atoms with Crippen LogP contribution in [0.1, 0.15) is 25.5 Å². The number of nitrogens with zero attached hydrogens (tertiary/aromatic N) is 1. The summed E-state index contributed by atoms with van der Waals surface area (Å²) >= 11 is 11.8. The molecule has 6 nitrogen and oxygen atoms in total. The predicted octanol–water partition coefficient (Wildman–Crippen LogP) is 5.54. The lowest BCUT2D eigenvalue weighted by atomic mass is 9.78. The lowest BCUT2D eigenvalue weighted by molar-refractivity contribution is -0.130. The SMILES string of the molecule is CCOc1ccc(N2C(=S)N[C@H]3c4ccccc4O[C@@]2(C)[C@H]3C(=O)Nc2ccc(Cl)cc2)cc1. The number of carbonyl (C=O) groups is 1. The molecule has 174 valence electrons. The molecule has 34 heavy (non-hydrogen) atoms. The Morgan fingerprint density at radius 1 is 1.15 bits per heavy atom. The van der Waals surface area contributed by atoms with Crippen LogP contribution in [-0.4, -0.2) is 23.4 Å². The number of para-hydroxylation sites is 1. The molecule has 0 unspecified atom stereocenters. The highest BCUT2D eigenvalue weighted by Gasteiger charge is 2.59. The Morgan fingerprint density at radius 3 is 2.56 bits per heavy atom. The van der Waals surface area contributed by atoms with E-state index in [-0.39, 0.29) is 11.9 Å². The first-order chi connectivity index (χ1) is 16.4. The lowest BCUT2D eigenvalue weighted by Gasteiger charge is -2.56. The van der Waals surface area contributed by atoms with Crippen LogP contribution >= 0.6 is 23.8 Å². The van der Waals surface area contributed by atoms with Crippen LogP contribution in [0, 0.1) is 5.92 Å². The number of fused-ring (bicyclic) bond motifs is 4. The third-order valence-electron chi connectivity index (χ3n) is 6.21.